The Bertz CT molecular complexity index is 502. The molecule has 1 atom stereocenters. The van der Waals surface area contributed by atoms with Gasteiger partial charge in [-0.15, -0.1) is 0 Å². The summed E-state index contributed by atoms with van der Waals surface area (Å²) in [5.41, 5.74) is -0.0652. The Morgan fingerprint density at radius 1 is 1.47 bits per heavy atom. The third-order valence-electron chi connectivity index (χ3n) is 4.37. The van der Waals surface area contributed by atoms with Gasteiger partial charge >= 0.3 is 5.97 Å². The Labute approximate surface area is 116 Å². The predicted octanol–water partition coefficient (Wildman–Crippen LogP) is 1.27. The predicted molar refractivity (Wildman–Crippen MR) is 69.9 cm³/mol. The Morgan fingerprint density at radius 2 is 2.21 bits per heavy atom. The van der Waals surface area contributed by atoms with Crippen LogP contribution < -0.4 is 0 Å². The van der Waals surface area contributed by atoms with E-state index in [2.05, 4.69) is 14.9 Å². The topological polar surface area (TPSA) is 55.3 Å². The quantitative estimate of drug-likeness (QED) is 0.764. The number of aromatic nitrogens is 2. The summed E-state index contributed by atoms with van der Waals surface area (Å²) in [6, 6.07) is 0. The molecule has 3 aliphatic heterocycles. The molecular weight excluding hydrogens is 266 g/mol. The molecule has 3 aliphatic rings. The number of esters is 1. The standard InChI is InChI=1S/C13H16ClN3O2/c1-19-12(18)13(10-6-15-7-11(14)16-10)8-17-4-2-9(13)3-5-17/h6-7,9H,2-5,8H2,1H3. The second-order valence-corrected chi connectivity index (χ2v) is 5.63. The maximum atomic E-state index is 12.4. The van der Waals surface area contributed by atoms with Crippen molar-refractivity contribution in [3.63, 3.8) is 0 Å². The van der Waals surface area contributed by atoms with Gasteiger partial charge in [-0.1, -0.05) is 11.6 Å². The molecule has 3 fully saturated rings. The average Bonchev–Trinajstić information content (AvgIpc) is 2.47. The maximum Gasteiger partial charge on any atom is 0.319 e. The highest BCUT2D eigenvalue weighted by atomic mass is 35.5. The molecule has 4 heterocycles. The number of hydrogen-bond donors (Lipinski definition) is 0. The van der Waals surface area contributed by atoms with E-state index in [4.69, 9.17) is 16.3 Å². The molecule has 0 radical (unpaired) electrons. The van der Waals surface area contributed by atoms with Crippen LogP contribution in [-0.2, 0) is 14.9 Å². The van der Waals surface area contributed by atoms with E-state index in [1.807, 2.05) is 0 Å². The summed E-state index contributed by atoms with van der Waals surface area (Å²) in [6.45, 7) is 2.73. The first-order chi connectivity index (χ1) is 9.16. The van der Waals surface area contributed by atoms with E-state index in [1.165, 1.54) is 13.3 Å². The lowest BCUT2D eigenvalue weighted by Crippen LogP contribution is -2.61. The molecule has 1 aromatic rings. The normalized spacial score (nSPS) is 33.2. The average molecular weight is 282 g/mol. The number of nitrogens with zero attached hydrogens (tertiary/aromatic N) is 3. The first-order valence-corrected chi connectivity index (χ1v) is 6.83. The molecule has 1 aromatic heterocycles. The number of hydrogen-bond acceptors (Lipinski definition) is 5. The van der Waals surface area contributed by atoms with Gasteiger partial charge in [0.1, 0.15) is 10.6 Å². The molecule has 6 heteroatoms. The van der Waals surface area contributed by atoms with Crippen LogP contribution in [0.3, 0.4) is 0 Å². The SMILES string of the molecule is COC(=O)C1(c2cncc(Cl)n2)CN2CCC1CC2. The molecule has 3 saturated heterocycles. The second kappa shape index (κ2) is 4.72. The minimum atomic E-state index is -0.705. The van der Waals surface area contributed by atoms with Crippen molar-refractivity contribution in [2.45, 2.75) is 18.3 Å². The summed E-state index contributed by atoms with van der Waals surface area (Å²) >= 11 is 5.94. The van der Waals surface area contributed by atoms with Gasteiger partial charge in [-0.2, -0.15) is 0 Å². The molecule has 0 saturated carbocycles. The van der Waals surface area contributed by atoms with E-state index in [1.54, 1.807) is 6.20 Å². The number of rotatable bonds is 2. The van der Waals surface area contributed by atoms with Crippen LogP contribution in [0.2, 0.25) is 5.15 Å². The van der Waals surface area contributed by atoms with Crippen molar-refractivity contribution >= 4 is 17.6 Å². The van der Waals surface area contributed by atoms with Crippen molar-refractivity contribution in [2.24, 2.45) is 5.92 Å². The van der Waals surface area contributed by atoms with Crippen LogP contribution in [0.15, 0.2) is 12.4 Å². The van der Waals surface area contributed by atoms with Gasteiger partial charge in [-0.05, 0) is 31.8 Å². The molecule has 0 amide bonds. The lowest BCUT2D eigenvalue weighted by Gasteiger charge is -2.50. The van der Waals surface area contributed by atoms with Gasteiger partial charge in [0.25, 0.3) is 0 Å². The fraction of sp³-hybridized carbons (Fsp3) is 0.615. The first kappa shape index (κ1) is 12.8. The van der Waals surface area contributed by atoms with Crippen LogP contribution in [0.5, 0.6) is 0 Å². The maximum absolute atomic E-state index is 12.4. The van der Waals surface area contributed by atoms with Gasteiger partial charge in [-0.25, -0.2) is 4.98 Å². The zero-order chi connectivity index (χ0) is 13.5. The summed E-state index contributed by atoms with van der Waals surface area (Å²) < 4.78 is 5.06. The Hall–Kier alpha value is -1.20. The van der Waals surface area contributed by atoms with Gasteiger partial charge in [0.15, 0.2) is 0 Å². The van der Waals surface area contributed by atoms with Gasteiger partial charge in [0.05, 0.1) is 19.0 Å². The van der Waals surface area contributed by atoms with Crippen LogP contribution in [0, 0.1) is 5.92 Å². The Kier molecular flexibility index (Phi) is 3.19. The molecule has 19 heavy (non-hydrogen) atoms. The molecule has 102 valence electrons. The van der Waals surface area contributed by atoms with Gasteiger partial charge < -0.3 is 9.64 Å². The zero-order valence-corrected chi connectivity index (χ0v) is 11.6. The van der Waals surface area contributed by atoms with E-state index in [-0.39, 0.29) is 11.9 Å². The van der Waals surface area contributed by atoms with E-state index < -0.39 is 5.41 Å². The largest absolute Gasteiger partial charge is 0.468 e. The molecule has 0 aromatic carbocycles. The van der Waals surface area contributed by atoms with Crippen molar-refractivity contribution in [3.05, 3.63) is 23.2 Å². The lowest BCUT2D eigenvalue weighted by atomic mass is 9.64. The lowest BCUT2D eigenvalue weighted by molar-refractivity contribution is -0.156. The van der Waals surface area contributed by atoms with Crippen molar-refractivity contribution in [1.82, 2.24) is 14.9 Å². The number of halogens is 1. The molecule has 0 aliphatic carbocycles. The monoisotopic (exact) mass is 281 g/mol. The molecule has 0 N–H and O–H groups in total. The molecule has 4 rings (SSSR count). The summed E-state index contributed by atoms with van der Waals surface area (Å²) in [7, 11) is 1.43. The molecule has 5 nitrogen and oxygen atoms in total. The molecule has 2 bridgehead atoms. The smallest absolute Gasteiger partial charge is 0.319 e. The Balaban J connectivity index is 2.10. The van der Waals surface area contributed by atoms with Crippen LogP contribution in [-0.4, -0.2) is 47.6 Å². The fourth-order valence-corrected chi connectivity index (χ4v) is 3.58. The minimum Gasteiger partial charge on any atom is -0.468 e. The third-order valence-corrected chi connectivity index (χ3v) is 4.55. The number of methoxy groups -OCH3 is 1. The summed E-state index contributed by atoms with van der Waals surface area (Å²) in [5, 5.41) is 0.317. The van der Waals surface area contributed by atoms with Crippen LogP contribution in [0.25, 0.3) is 0 Å². The van der Waals surface area contributed by atoms with Crippen molar-refractivity contribution in [2.75, 3.05) is 26.7 Å². The highest BCUT2D eigenvalue weighted by Gasteiger charge is 2.55. The number of ether oxygens (including phenoxy) is 1. The van der Waals surface area contributed by atoms with Crippen molar-refractivity contribution < 1.29 is 9.53 Å². The van der Waals surface area contributed by atoms with E-state index in [9.17, 15) is 4.79 Å². The van der Waals surface area contributed by atoms with E-state index in [0.29, 0.717) is 17.4 Å². The third kappa shape index (κ3) is 1.92. The summed E-state index contributed by atoms with van der Waals surface area (Å²) in [4.78, 5) is 23.1. The van der Waals surface area contributed by atoms with Gasteiger partial charge in [0, 0.05) is 12.7 Å². The van der Waals surface area contributed by atoms with Crippen molar-refractivity contribution in [1.29, 1.82) is 0 Å². The second-order valence-electron chi connectivity index (χ2n) is 5.24. The molecule has 0 spiro atoms. The fourth-order valence-electron chi connectivity index (χ4n) is 3.43. The number of piperidine rings is 3. The van der Waals surface area contributed by atoms with E-state index in [0.717, 1.165) is 25.9 Å². The van der Waals surface area contributed by atoms with Crippen molar-refractivity contribution in [3.8, 4) is 0 Å². The summed E-state index contributed by atoms with van der Waals surface area (Å²) in [6.07, 6.45) is 5.11. The van der Waals surface area contributed by atoms with Crippen LogP contribution in [0.1, 0.15) is 18.5 Å². The number of carbonyl (C=O) groups is 1. The van der Waals surface area contributed by atoms with Gasteiger partial charge in [0.2, 0.25) is 0 Å². The first-order valence-electron chi connectivity index (χ1n) is 6.45. The van der Waals surface area contributed by atoms with Gasteiger partial charge in [-0.3, -0.25) is 9.78 Å². The number of fused-ring (bicyclic) bond motifs is 3. The zero-order valence-electron chi connectivity index (χ0n) is 10.8. The van der Waals surface area contributed by atoms with Crippen LogP contribution >= 0.6 is 11.6 Å². The minimum absolute atomic E-state index is 0.224. The highest BCUT2D eigenvalue weighted by Crippen LogP contribution is 2.44. The highest BCUT2D eigenvalue weighted by molar-refractivity contribution is 6.29. The Morgan fingerprint density at radius 3 is 2.74 bits per heavy atom. The summed E-state index contributed by atoms with van der Waals surface area (Å²) in [5.74, 6) is 0.0381. The molecular formula is C13H16ClN3O2. The van der Waals surface area contributed by atoms with E-state index >= 15 is 0 Å². The van der Waals surface area contributed by atoms with Crippen LogP contribution in [0.4, 0.5) is 0 Å². The number of carbonyl (C=O) groups excluding carboxylic acids is 1. The molecule has 1 unspecified atom stereocenters.